The van der Waals surface area contributed by atoms with Gasteiger partial charge in [-0.25, -0.2) is 4.79 Å². The molecule has 0 aromatic carbocycles. The van der Waals surface area contributed by atoms with Crippen LogP contribution in [-0.2, 0) is 9.53 Å². The van der Waals surface area contributed by atoms with Crippen LogP contribution >= 0.6 is 0 Å². The summed E-state index contributed by atoms with van der Waals surface area (Å²) in [6, 6.07) is -0.418. The highest BCUT2D eigenvalue weighted by Crippen LogP contribution is 2.32. The molecular formula is C13H17NO4. The first-order chi connectivity index (χ1) is 8.54. The van der Waals surface area contributed by atoms with Gasteiger partial charge >= 0.3 is 5.97 Å². The molecular weight excluding hydrogens is 234 g/mol. The van der Waals surface area contributed by atoms with E-state index in [-0.39, 0.29) is 11.6 Å². The molecule has 18 heavy (non-hydrogen) atoms. The van der Waals surface area contributed by atoms with Gasteiger partial charge in [-0.3, -0.25) is 4.99 Å². The van der Waals surface area contributed by atoms with Gasteiger partial charge in [0.15, 0.2) is 0 Å². The second kappa shape index (κ2) is 5.04. The topological polar surface area (TPSA) is 79.1 Å². The minimum atomic E-state index is -0.692. The van der Waals surface area contributed by atoms with E-state index in [1.54, 1.807) is 13.0 Å². The number of nitrogens with zero attached hydrogens (tertiary/aromatic N) is 1. The van der Waals surface area contributed by atoms with Crippen molar-refractivity contribution in [2.24, 2.45) is 10.9 Å². The van der Waals surface area contributed by atoms with Gasteiger partial charge in [0.1, 0.15) is 5.71 Å². The number of hydrogen-bond donors (Lipinski definition) is 2. The second-order valence-electron chi connectivity index (χ2n) is 4.57. The molecule has 0 saturated carbocycles. The van der Waals surface area contributed by atoms with Crippen LogP contribution in [0.4, 0.5) is 0 Å². The van der Waals surface area contributed by atoms with E-state index in [0.717, 1.165) is 0 Å². The number of aliphatic hydroxyl groups is 2. The van der Waals surface area contributed by atoms with Crippen LogP contribution in [0.25, 0.3) is 0 Å². The summed E-state index contributed by atoms with van der Waals surface area (Å²) >= 11 is 0. The predicted molar refractivity (Wildman–Crippen MR) is 66.3 cm³/mol. The highest BCUT2D eigenvalue weighted by molar-refractivity contribution is 6.41. The fraction of sp³-hybridized carbons (Fsp3) is 0.538. The lowest BCUT2D eigenvalue weighted by molar-refractivity contribution is -0.132. The predicted octanol–water partition coefficient (Wildman–Crippen LogP) is 0.227. The Morgan fingerprint density at radius 2 is 2.33 bits per heavy atom. The summed E-state index contributed by atoms with van der Waals surface area (Å²) in [5.41, 5.74) is 0.842. The largest absolute Gasteiger partial charge is 0.464 e. The van der Waals surface area contributed by atoms with Gasteiger partial charge in [-0.15, -0.1) is 0 Å². The van der Waals surface area contributed by atoms with Crippen molar-refractivity contribution in [3.63, 3.8) is 0 Å². The molecule has 0 aromatic rings. The first-order valence-electron chi connectivity index (χ1n) is 5.95. The molecule has 0 amide bonds. The number of dihydropyridines is 1. The Labute approximate surface area is 105 Å². The van der Waals surface area contributed by atoms with Crippen molar-refractivity contribution in [1.29, 1.82) is 0 Å². The standard InChI is InChI=1S/C13H17NO4/c1-7(15)9-6-10(13(17)18-2)14-12-8(9)4-3-5-11(12)16/h3-4,6-8,11-12,15-16H,5H2,1-2H3/t7-,8?,11-,12?/m0/s1. The Morgan fingerprint density at radius 1 is 1.61 bits per heavy atom. The summed E-state index contributed by atoms with van der Waals surface area (Å²) in [5.74, 6) is -0.699. The molecule has 1 heterocycles. The second-order valence-corrected chi connectivity index (χ2v) is 4.57. The van der Waals surface area contributed by atoms with E-state index in [1.165, 1.54) is 7.11 Å². The fourth-order valence-electron chi connectivity index (χ4n) is 2.40. The van der Waals surface area contributed by atoms with Gasteiger partial charge in [0.2, 0.25) is 0 Å². The molecule has 4 atom stereocenters. The quantitative estimate of drug-likeness (QED) is 0.544. The average molecular weight is 251 g/mol. The average Bonchev–Trinajstić information content (AvgIpc) is 2.37. The van der Waals surface area contributed by atoms with Gasteiger partial charge in [-0.1, -0.05) is 12.2 Å². The molecule has 5 heteroatoms. The minimum Gasteiger partial charge on any atom is -0.464 e. The minimum absolute atomic E-state index is 0.151. The van der Waals surface area contributed by atoms with Crippen molar-refractivity contribution in [2.45, 2.75) is 31.6 Å². The number of ether oxygens (including phenoxy) is 1. The van der Waals surface area contributed by atoms with E-state index < -0.39 is 24.2 Å². The van der Waals surface area contributed by atoms with Crippen molar-refractivity contribution in [2.75, 3.05) is 7.11 Å². The third-order valence-corrected chi connectivity index (χ3v) is 3.34. The van der Waals surface area contributed by atoms with Crippen LogP contribution in [0.2, 0.25) is 0 Å². The number of fused-ring (bicyclic) bond motifs is 1. The van der Waals surface area contributed by atoms with E-state index in [9.17, 15) is 15.0 Å². The van der Waals surface area contributed by atoms with Gasteiger partial charge in [0, 0.05) is 5.92 Å². The molecule has 0 saturated heterocycles. The van der Waals surface area contributed by atoms with Gasteiger partial charge in [-0.05, 0) is 25.0 Å². The van der Waals surface area contributed by atoms with Crippen molar-refractivity contribution < 1.29 is 19.7 Å². The van der Waals surface area contributed by atoms with Crippen LogP contribution in [-0.4, -0.2) is 47.3 Å². The lowest BCUT2D eigenvalue weighted by Crippen LogP contribution is -2.40. The fourth-order valence-corrected chi connectivity index (χ4v) is 2.40. The maximum absolute atomic E-state index is 11.5. The lowest BCUT2D eigenvalue weighted by Gasteiger charge is -2.34. The summed E-state index contributed by atoms with van der Waals surface area (Å²) in [6.45, 7) is 1.64. The van der Waals surface area contributed by atoms with Crippen molar-refractivity contribution >= 4 is 11.7 Å². The Morgan fingerprint density at radius 3 is 2.94 bits per heavy atom. The van der Waals surface area contributed by atoms with E-state index >= 15 is 0 Å². The van der Waals surface area contributed by atoms with E-state index in [2.05, 4.69) is 9.73 Å². The third-order valence-electron chi connectivity index (χ3n) is 3.34. The van der Waals surface area contributed by atoms with Gasteiger partial charge in [-0.2, -0.15) is 0 Å². The first kappa shape index (κ1) is 13.0. The highest BCUT2D eigenvalue weighted by Gasteiger charge is 2.36. The normalized spacial score (nSPS) is 32.1. The number of carbonyl (C=O) groups excluding carboxylic acids is 1. The maximum atomic E-state index is 11.5. The van der Waals surface area contributed by atoms with Crippen LogP contribution in [0, 0.1) is 5.92 Å². The number of rotatable bonds is 2. The number of aliphatic hydroxyl groups excluding tert-OH is 2. The number of esters is 1. The van der Waals surface area contributed by atoms with E-state index in [4.69, 9.17) is 0 Å². The molecule has 0 radical (unpaired) electrons. The summed E-state index contributed by atoms with van der Waals surface area (Å²) < 4.78 is 4.64. The molecule has 0 spiro atoms. The maximum Gasteiger partial charge on any atom is 0.356 e. The van der Waals surface area contributed by atoms with Gasteiger partial charge in [0.05, 0.1) is 25.4 Å². The summed E-state index contributed by atoms with van der Waals surface area (Å²) in [4.78, 5) is 15.8. The van der Waals surface area contributed by atoms with Crippen molar-refractivity contribution in [3.8, 4) is 0 Å². The van der Waals surface area contributed by atoms with Gasteiger partial charge in [0.25, 0.3) is 0 Å². The van der Waals surface area contributed by atoms with Gasteiger partial charge < -0.3 is 14.9 Å². The van der Waals surface area contributed by atoms with Crippen LogP contribution < -0.4 is 0 Å². The van der Waals surface area contributed by atoms with Crippen LogP contribution in [0.15, 0.2) is 28.8 Å². The molecule has 98 valence electrons. The molecule has 2 aliphatic rings. The van der Waals surface area contributed by atoms with Crippen LogP contribution in [0.5, 0.6) is 0 Å². The van der Waals surface area contributed by atoms with E-state index in [1.807, 2.05) is 12.2 Å². The Hall–Kier alpha value is -1.46. The summed E-state index contributed by atoms with van der Waals surface area (Å²) in [6.07, 6.45) is 4.53. The molecule has 0 aromatic heterocycles. The zero-order valence-electron chi connectivity index (χ0n) is 10.4. The van der Waals surface area contributed by atoms with Crippen molar-refractivity contribution in [3.05, 3.63) is 23.8 Å². The van der Waals surface area contributed by atoms with Crippen LogP contribution in [0.3, 0.4) is 0 Å². The summed E-state index contributed by atoms with van der Waals surface area (Å²) in [5, 5.41) is 19.7. The molecule has 2 N–H and O–H groups in total. The molecule has 1 aliphatic heterocycles. The molecule has 0 bridgehead atoms. The van der Waals surface area contributed by atoms with Crippen LogP contribution in [0.1, 0.15) is 13.3 Å². The Bertz CT molecular complexity index is 436. The summed E-state index contributed by atoms with van der Waals surface area (Å²) in [7, 11) is 1.28. The lowest BCUT2D eigenvalue weighted by atomic mass is 9.79. The number of aliphatic imine (C=N–C) groups is 1. The first-order valence-corrected chi connectivity index (χ1v) is 5.95. The molecule has 2 rings (SSSR count). The zero-order valence-corrected chi connectivity index (χ0v) is 10.4. The highest BCUT2D eigenvalue weighted by atomic mass is 16.5. The molecule has 1 aliphatic carbocycles. The third kappa shape index (κ3) is 2.23. The zero-order chi connectivity index (χ0) is 13.3. The number of carbonyl (C=O) groups is 1. The molecule has 0 fully saturated rings. The van der Waals surface area contributed by atoms with E-state index in [0.29, 0.717) is 12.0 Å². The Balaban J connectivity index is 2.41. The monoisotopic (exact) mass is 251 g/mol. The number of methoxy groups -OCH3 is 1. The van der Waals surface area contributed by atoms with Crippen molar-refractivity contribution in [1.82, 2.24) is 0 Å². The molecule has 2 unspecified atom stereocenters. The SMILES string of the molecule is COC(=O)C1=NC2C(C=CC[C@@H]2O)C([C@H](C)O)=C1. The molecule has 5 nitrogen and oxygen atoms in total. The smallest absolute Gasteiger partial charge is 0.356 e. The Kier molecular flexibility index (Phi) is 3.63. The number of hydrogen-bond acceptors (Lipinski definition) is 5.